The molecule has 0 amide bonds. The number of aliphatic hydroxyl groups excluding tert-OH is 1. The second kappa shape index (κ2) is 5.62. The SMILES string of the molecule is CN(C)CC(O)CNc1ccccc1. The molecule has 1 aromatic carbocycles. The minimum atomic E-state index is -0.329. The zero-order chi connectivity index (χ0) is 10.4. The smallest absolute Gasteiger partial charge is 0.0838 e. The first-order chi connectivity index (χ1) is 6.68. The molecule has 0 heterocycles. The average Bonchev–Trinajstić information content (AvgIpc) is 2.15. The number of anilines is 1. The van der Waals surface area contributed by atoms with E-state index in [4.69, 9.17) is 0 Å². The number of hydrogen-bond acceptors (Lipinski definition) is 3. The van der Waals surface area contributed by atoms with Crippen LogP contribution in [0.2, 0.25) is 0 Å². The summed E-state index contributed by atoms with van der Waals surface area (Å²) in [6, 6.07) is 9.90. The maximum atomic E-state index is 9.58. The van der Waals surface area contributed by atoms with E-state index >= 15 is 0 Å². The van der Waals surface area contributed by atoms with Gasteiger partial charge in [0.25, 0.3) is 0 Å². The molecule has 3 nitrogen and oxygen atoms in total. The Balaban J connectivity index is 2.27. The van der Waals surface area contributed by atoms with Gasteiger partial charge in [-0.2, -0.15) is 0 Å². The Labute approximate surface area is 85.4 Å². The fourth-order valence-corrected chi connectivity index (χ4v) is 1.28. The molecule has 1 aromatic rings. The third kappa shape index (κ3) is 4.25. The lowest BCUT2D eigenvalue weighted by Crippen LogP contribution is -2.31. The number of aliphatic hydroxyl groups is 1. The van der Waals surface area contributed by atoms with Gasteiger partial charge >= 0.3 is 0 Å². The van der Waals surface area contributed by atoms with Crippen LogP contribution in [0, 0.1) is 0 Å². The highest BCUT2D eigenvalue weighted by Crippen LogP contribution is 2.04. The van der Waals surface area contributed by atoms with Crippen molar-refractivity contribution in [2.24, 2.45) is 0 Å². The molecule has 2 N–H and O–H groups in total. The van der Waals surface area contributed by atoms with Crippen LogP contribution in [0.4, 0.5) is 5.69 Å². The Hall–Kier alpha value is -1.06. The third-order valence-corrected chi connectivity index (χ3v) is 1.89. The van der Waals surface area contributed by atoms with Gasteiger partial charge in [0.2, 0.25) is 0 Å². The van der Waals surface area contributed by atoms with Gasteiger partial charge < -0.3 is 15.3 Å². The molecule has 0 saturated heterocycles. The molecule has 3 heteroatoms. The van der Waals surface area contributed by atoms with Crippen molar-refractivity contribution >= 4 is 5.69 Å². The first-order valence-electron chi connectivity index (χ1n) is 4.80. The maximum absolute atomic E-state index is 9.58. The van der Waals surface area contributed by atoms with Crippen molar-refractivity contribution in [1.29, 1.82) is 0 Å². The number of rotatable bonds is 5. The molecule has 0 fully saturated rings. The van der Waals surface area contributed by atoms with Crippen LogP contribution < -0.4 is 5.32 Å². The number of likely N-dealkylation sites (N-methyl/N-ethyl adjacent to an activating group) is 1. The summed E-state index contributed by atoms with van der Waals surface area (Å²) in [6.07, 6.45) is -0.329. The lowest BCUT2D eigenvalue weighted by atomic mass is 10.3. The van der Waals surface area contributed by atoms with Crippen LogP contribution in [0.25, 0.3) is 0 Å². The van der Waals surface area contributed by atoms with E-state index < -0.39 is 0 Å². The second-order valence-corrected chi connectivity index (χ2v) is 3.66. The molecule has 78 valence electrons. The quantitative estimate of drug-likeness (QED) is 0.734. The van der Waals surface area contributed by atoms with Gasteiger partial charge in [0.05, 0.1) is 6.10 Å². The van der Waals surface area contributed by atoms with Crippen molar-refractivity contribution in [3.8, 4) is 0 Å². The van der Waals surface area contributed by atoms with Crippen molar-refractivity contribution in [1.82, 2.24) is 4.90 Å². The molecule has 1 unspecified atom stereocenters. The third-order valence-electron chi connectivity index (χ3n) is 1.89. The number of para-hydroxylation sites is 1. The Morgan fingerprint density at radius 3 is 2.50 bits per heavy atom. The minimum absolute atomic E-state index is 0.329. The zero-order valence-corrected chi connectivity index (χ0v) is 8.77. The van der Waals surface area contributed by atoms with Crippen LogP contribution in [0.15, 0.2) is 30.3 Å². The molecule has 0 aliphatic heterocycles. The van der Waals surface area contributed by atoms with E-state index in [1.165, 1.54) is 0 Å². The number of benzene rings is 1. The number of nitrogens with zero attached hydrogens (tertiary/aromatic N) is 1. The highest BCUT2D eigenvalue weighted by Gasteiger charge is 2.04. The van der Waals surface area contributed by atoms with Gasteiger partial charge in [0, 0.05) is 18.8 Å². The van der Waals surface area contributed by atoms with Crippen molar-refractivity contribution < 1.29 is 5.11 Å². The summed E-state index contributed by atoms with van der Waals surface area (Å²) >= 11 is 0. The molecule has 14 heavy (non-hydrogen) atoms. The largest absolute Gasteiger partial charge is 0.390 e. The van der Waals surface area contributed by atoms with Gasteiger partial charge in [-0.15, -0.1) is 0 Å². The van der Waals surface area contributed by atoms with E-state index in [2.05, 4.69) is 5.32 Å². The van der Waals surface area contributed by atoms with Crippen LogP contribution in [0.3, 0.4) is 0 Å². The summed E-state index contributed by atoms with van der Waals surface area (Å²) in [5.41, 5.74) is 1.05. The van der Waals surface area contributed by atoms with E-state index in [1.807, 2.05) is 49.3 Å². The van der Waals surface area contributed by atoms with E-state index in [9.17, 15) is 5.11 Å². The number of hydrogen-bond donors (Lipinski definition) is 2. The maximum Gasteiger partial charge on any atom is 0.0838 e. The molecule has 1 atom stereocenters. The Kier molecular flexibility index (Phi) is 4.43. The molecule has 0 aromatic heterocycles. The molecule has 1 rings (SSSR count). The van der Waals surface area contributed by atoms with E-state index in [0.717, 1.165) is 5.69 Å². The fraction of sp³-hybridized carbons (Fsp3) is 0.455. The molecule has 0 spiro atoms. The Morgan fingerprint density at radius 1 is 1.29 bits per heavy atom. The van der Waals surface area contributed by atoms with Crippen LogP contribution in [0.1, 0.15) is 0 Å². The summed E-state index contributed by atoms with van der Waals surface area (Å²) in [7, 11) is 3.90. The van der Waals surface area contributed by atoms with E-state index in [0.29, 0.717) is 13.1 Å². The molecule has 0 aliphatic rings. The summed E-state index contributed by atoms with van der Waals surface area (Å²) in [5.74, 6) is 0. The van der Waals surface area contributed by atoms with Crippen molar-refractivity contribution in [2.75, 3.05) is 32.5 Å². The van der Waals surface area contributed by atoms with Crippen molar-refractivity contribution in [3.05, 3.63) is 30.3 Å². The van der Waals surface area contributed by atoms with Gasteiger partial charge in [0.1, 0.15) is 0 Å². The van der Waals surface area contributed by atoms with Crippen molar-refractivity contribution in [3.63, 3.8) is 0 Å². The van der Waals surface area contributed by atoms with E-state index in [-0.39, 0.29) is 6.10 Å². The fourth-order valence-electron chi connectivity index (χ4n) is 1.28. The molecule has 0 saturated carbocycles. The highest BCUT2D eigenvalue weighted by molar-refractivity contribution is 5.42. The predicted octanol–water partition coefficient (Wildman–Crippen LogP) is 1.02. The van der Waals surface area contributed by atoms with Crippen LogP contribution in [-0.4, -0.2) is 43.3 Å². The molecular formula is C11H18N2O. The van der Waals surface area contributed by atoms with Gasteiger partial charge in [-0.25, -0.2) is 0 Å². The normalized spacial score (nSPS) is 12.9. The first-order valence-corrected chi connectivity index (χ1v) is 4.80. The van der Waals surface area contributed by atoms with Crippen LogP contribution in [0.5, 0.6) is 0 Å². The van der Waals surface area contributed by atoms with E-state index in [1.54, 1.807) is 0 Å². The topological polar surface area (TPSA) is 35.5 Å². The first kappa shape index (κ1) is 11.0. The summed E-state index contributed by atoms with van der Waals surface area (Å²) in [5, 5.41) is 12.7. The number of nitrogens with one attached hydrogen (secondary N) is 1. The molecular weight excluding hydrogens is 176 g/mol. The average molecular weight is 194 g/mol. The lowest BCUT2D eigenvalue weighted by Gasteiger charge is -2.16. The standard InChI is InChI=1S/C11H18N2O/c1-13(2)9-11(14)8-12-10-6-4-3-5-7-10/h3-7,11-12,14H,8-9H2,1-2H3. The second-order valence-electron chi connectivity index (χ2n) is 3.66. The van der Waals surface area contributed by atoms with Crippen LogP contribution >= 0.6 is 0 Å². The molecule has 0 bridgehead atoms. The Bertz CT molecular complexity index is 249. The highest BCUT2D eigenvalue weighted by atomic mass is 16.3. The minimum Gasteiger partial charge on any atom is -0.390 e. The molecule has 0 radical (unpaired) electrons. The van der Waals surface area contributed by atoms with Gasteiger partial charge in [-0.05, 0) is 26.2 Å². The zero-order valence-electron chi connectivity index (χ0n) is 8.77. The Morgan fingerprint density at radius 2 is 1.93 bits per heavy atom. The van der Waals surface area contributed by atoms with Crippen molar-refractivity contribution in [2.45, 2.75) is 6.10 Å². The van der Waals surface area contributed by atoms with Crippen LogP contribution in [-0.2, 0) is 0 Å². The predicted molar refractivity (Wildman–Crippen MR) is 59.5 cm³/mol. The molecule has 0 aliphatic carbocycles. The lowest BCUT2D eigenvalue weighted by molar-refractivity contribution is 0.148. The summed E-state index contributed by atoms with van der Waals surface area (Å²) in [4.78, 5) is 1.97. The van der Waals surface area contributed by atoms with Gasteiger partial charge in [-0.3, -0.25) is 0 Å². The summed E-state index contributed by atoms with van der Waals surface area (Å²) in [6.45, 7) is 1.27. The summed E-state index contributed by atoms with van der Waals surface area (Å²) < 4.78 is 0. The van der Waals surface area contributed by atoms with Gasteiger partial charge in [-0.1, -0.05) is 18.2 Å². The van der Waals surface area contributed by atoms with Gasteiger partial charge in [0.15, 0.2) is 0 Å². The monoisotopic (exact) mass is 194 g/mol.